The van der Waals surface area contributed by atoms with Crippen molar-refractivity contribution in [2.75, 3.05) is 4.90 Å². The summed E-state index contributed by atoms with van der Waals surface area (Å²) in [6.07, 6.45) is 4.59. The number of aromatic carboxylic acids is 4. The number of carbonyl (C=O) groups excluding carboxylic acids is 10. The van der Waals surface area contributed by atoms with Gasteiger partial charge in [0.15, 0.2) is 34.7 Å². The molecule has 2 aliphatic heterocycles. The normalized spacial score (nSPS) is 11.4. The molecule has 12 aromatic rings. The molecule has 22 nitrogen and oxygen atoms in total. The van der Waals surface area contributed by atoms with Crippen LogP contribution < -0.4 is 4.90 Å². The first-order valence-corrected chi connectivity index (χ1v) is 38.6. The summed E-state index contributed by atoms with van der Waals surface area (Å²) in [6.45, 7) is 10.7. The first-order chi connectivity index (χ1) is 58.8. The summed E-state index contributed by atoms with van der Waals surface area (Å²) >= 11 is 0. The van der Waals surface area contributed by atoms with Gasteiger partial charge in [-0.3, -0.25) is 57.6 Å². The quantitative estimate of drug-likeness (QED) is 0.0213. The fraction of sp³-hybridized carbons (Fsp3) is 0.119. The molecule has 22 heteroatoms. The molecule has 0 radical (unpaired) electrons. The van der Waals surface area contributed by atoms with Crippen LogP contribution in [0.4, 0.5) is 5.69 Å². The average Bonchev–Trinajstić information content (AvgIpc) is 1.63. The number of benzene rings is 12. The molecule has 0 fully saturated rings. The molecule has 4 amide bonds. The SMILES string of the molecule is CC(=O)c1ccc(N2C(=O)c3ccccc3C2=O)cc1.CC(=O)c1ccc2c(c1)C(=O)N(Cc1ccccc1C(=O)O)C2=O.CCc1cccc(CC(=O)c2ccccc2C(=O)O)c1.Cc1ccc(/C=C/C(=O)c2ccccc2C(=O)O)cc1.Cc1ccc(CC(=O)c2ccccc2CC(=O)O)cc1.Cc1ccccc1CC(=O)c1ccccc1C(=O)O. The van der Waals surface area contributed by atoms with E-state index >= 15 is 0 Å². The maximum atomic E-state index is 12.5. The predicted octanol–water partition coefficient (Wildman–Crippen LogP) is 18.2. The Balaban J connectivity index is 0.000000168. The van der Waals surface area contributed by atoms with Crippen molar-refractivity contribution in [1.82, 2.24) is 4.90 Å². The first-order valence-electron chi connectivity index (χ1n) is 38.6. The maximum absolute atomic E-state index is 12.5. The molecule has 0 unspecified atom stereocenters. The van der Waals surface area contributed by atoms with Crippen molar-refractivity contribution < 1.29 is 97.5 Å². The van der Waals surface area contributed by atoms with Crippen LogP contribution in [0.5, 0.6) is 0 Å². The smallest absolute Gasteiger partial charge is 0.336 e. The Hall–Kier alpha value is -16.0. The van der Waals surface area contributed by atoms with E-state index < -0.39 is 41.7 Å². The van der Waals surface area contributed by atoms with Gasteiger partial charge in [-0.05, 0) is 164 Å². The van der Waals surface area contributed by atoms with Gasteiger partial charge in [0, 0.05) is 52.6 Å². The van der Waals surface area contributed by atoms with E-state index in [2.05, 4.69) is 6.92 Å². The van der Waals surface area contributed by atoms with Crippen molar-refractivity contribution in [1.29, 1.82) is 0 Å². The lowest BCUT2D eigenvalue weighted by atomic mass is 9.96. The molecule has 0 aliphatic carbocycles. The molecule has 0 saturated carbocycles. The van der Waals surface area contributed by atoms with Crippen molar-refractivity contribution in [3.8, 4) is 0 Å². The Morgan fingerprint density at radius 1 is 0.325 bits per heavy atom. The summed E-state index contributed by atoms with van der Waals surface area (Å²) in [5.74, 6) is -7.96. The van der Waals surface area contributed by atoms with Crippen molar-refractivity contribution >= 4 is 99.9 Å². The second-order valence-corrected chi connectivity index (χ2v) is 28.3. The lowest BCUT2D eigenvalue weighted by Gasteiger charge is -2.15. The number of hydrogen-bond donors (Lipinski definition) is 5. The number of fused-ring (bicyclic) bond motifs is 2. The zero-order valence-electron chi connectivity index (χ0n) is 67.8. The summed E-state index contributed by atoms with van der Waals surface area (Å²) in [6, 6.07) is 80.4. The Kier molecular flexibility index (Phi) is 31.8. The number of amides is 4. The number of ketones is 6. The number of carboxylic acid groups (broad SMARTS) is 5. The zero-order valence-corrected chi connectivity index (χ0v) is 67.8. The fourth-order valence-corrected chi connectivity index (χ4v) is 13.0. The van der Waals surface area contributed by atoms with Crippen molar-refractivity contribution in [3.05, 3.63) is 425 Å². The number of Topliss-reactive ketones (excluding diaryl/α,β-unsaturated/α-hetero) is 5. The number of allylic oxidation sites excluding steroid dienone is 1. The van der Waals surface area contributed by atoms with Crippen LogP contribution in [0.2, 0.25) is 0 Å². The van der Waals surface area contributed by atoms with Gasteiger partial charge in [0.25, 0.3) is 23.6 Å². The molecule has 0 saturated heterocycles. The maximum Gasteiger partial charge on any atom is 0.336 e. The molecule has 0 aromatic heterocycles. The highest BCUT2D eigenvalue weighted by molar-refractivity contribution is 6.34. The Bertz CT molecular complexity index is 6080. The van der Waals surface area contributed by atoms with Crippen LogP contribution in [0.1, 0.15) is 221 Å². The number of hydrogen-bond acceptors (Lipinski definition) is 15. The summed E-state index contributed by atoms with van der Waals surface area (Å²) < 4.78 is 0. The summed E-state index contributed by atoms with van der Waals surface area (Å²) in [5, 5.41) is 45.3. The van der Waals surface area contributed by atoms with E-state index in [0.717, 1.165) is 55.2 Å². The molecular formula is C101H84N2O20. The lowest BCUT2D eigenvalue weighted by Crippen LogP contribution is -2.29. The van der Waals surface area contributed by atoms with Gasteiger partial charge in [0.05, 0.1) is 63.2 Å². The third-order valence-electron chi connectivity index (χ3n) is 19.6. The van der Waals surface area contributed by atoms with Crippen molar-refractivity contribution in [3.63, 3.8) is 0 Å². The lowest BCUT2D eigenvalue weighted by molar-refractivity contribution is -0.136. The van der Waals surface area contributed by atoms with Crippen LogP contribution in [0.15, 0.2) is 291 Å². The number of anilines is 1. The molecule has 0 atom stereocenters. The number of rotatable bonds is 24. The number of aliphatic carboxylic acids is 1. The molecule has 0 spiro atoms. The highest BCUT2D eigenvalue weighted by Crippen LogP contribution is 2.31. The molecule has 12 aromatic carbocycles. The van der Waals surface area contributed by atoms with E-state index in [1.54, 1.807) is 146 Å². The largest absolute Gasteiger partial charge is 0.481 e. The van der Waals surface area contributed by atoms with E-state index in [0.29, 0.717) is 44.6 Å². The van der Waals surface area contributed by atoms with E-state index in [4.69, 9.17) is 20.4 Å². The van der Waals surface area contributed by atoms with Gasteiger partial charge in [-0.15, -0.1) is 0 Å². The molecule has 2 aliphatic rings. The fourth-order valence-electron chi connectivity index (χ4n) is 13.0. The van der Waals surface area contributed by atoms with Gasteiger partial charge in [-0.1, -0.05) is 236 Å². The molecule has 5 N–H and O–H groups in total. The van der Waals surface area contributed by atoms with Gasteiger partial charge in [0.1, 0.15) is 0 Å². The number of nitrogens with zero attached hydrogens (tertiary/aromatic N) is 2. The first kappa shape index (κ1) is 90.9. The third kappa shape index (κ3) is 24.4. The van der Waals surface area contributed by atoms with Crippen LogP contribution in [-0.4, -0.2) is 119 Å². The topological polar surface area (TPSA) is 364 Å². The van der Waals surface area contributed by atoms with Crippen molar-refractivity contribution in [2.45, 2.75) is 80.2 Å². The molecule has 123 heavy (non-hydrogen) atoms. The van der Waals surface area contributed by atoms with E-state index in [1.807, 2.05) is 118 Å². The minimum Gasteiger partial charge on any atom is -0.481 e. The van der Waals surface area contributed by atoms with E-state index in [-0.39, 0.29) is 129 Å². The molecule has 2 heterocycles. The minimum absolute atomic E-state index is 0.0195. The van der Waals surface area contributed by atoms with Gasteiger partial charge >= 0.3 is 29.8 Å². The summed E-state index contributed by atoms with van der Waals surface area (Å²) in [5.41, 5.74) is 13.1. The number of aryl methyl sites for hydroxylation is 4. The van der Waals surface area contributed by atoms with E-state index in [9.17, 15) is 77.0 Å². The highest BCUT2D eigenvalue weighted by Gasteiger charge is 2.38. The Labute approximate surface area is 708 Å². The summed E-state index contributed by atoms with van der Waals surface area (Å²) in [4.78, 5) is 179. The van der Waals surface area contributed by atoms with Crippen LogP contribution >= 0.6 is 0 Å². The van der Waals surface area contributed by atoms with Crippen LogP contribution in [0.25, 0.3) is 6.08 Å². The number of imide groups is 2. The third-order valence-corrected chi connectivity index (χ3v) is 19.6. The Morgan fingerprint density at radius 3 is 1.24 bits per heavy atom. The molecular weight excluding hydrogens is 1560 g/mol. The summed E-state index contributed by atoms with van der Waals surface area (Å²) in [7, 11) is 0. The van der Waals surface area contributed by atoms with Crippen LogP contribution in [0.3, 0.4) is 0 Å². The van der Waals surface area contributed by atoms with Gasteiger partial charge < -0.3 is 25.5 Å². The molecule has 618 valence electrons. The minimum atomic E-state index is -1.12. The molecule has 14 rings (SSSR count). The van der Waals surface area contributed by atoms with Crippen LogP contribution in [0, 0.1) is 20.8 Å². The average molecular weight is 1650 g/mol. The van der Waals surface area contributed by atoms with Gasteiger partial charge in [-0.2, -0.15) is 0 Å². The van der Waals surface area contributed by atoms with E-state index in [1.165, 1.54) is 74.0 Å². The standard InChI is InChI=1S/C18H13NO5.C17H16O3.C17H14O3.C17H16O3.C16H11NO3.C16H14O3/c1-10(20)11-6-7-14-15(8-11)17(22)19(16(14)21)9-12-4-2-3-5-13(12)18(23)24;1-12-6-8-13(9-7-12)10-16(18)15-5-3-2-4-14(15)11-17(19)20;1-12-6-8-13(9-7-12)10-11-16(18)14-4-2-3-5-15(14)17(19)20;1-2-12-6-5-7-13(10-12)11-16(18)14-8-3-4-9-15(14)17(19)20;1-10(18)11-6-8-12(9-7-11)17-15(19)13-4-2-3-5-14(13)16(17)20;1-11-6-2-3-7-12(11)10-15(17)13-8-4-5-9-14(13)16(18)19/h2-8H,9H2,1H3,(H,23,24);2-9H,10-11H2,1H3,(H,19,20);2-11H,1H3,(H,19,20);3-10H,2,11H2,1H3,(H,19,20);2-9H,1H3;2-9H,10H2,1H3,(H,18,19)/b;;11-10+;;;. The molecule has 0 bridgehead atoms. The number of carbonyl (C=O) groups is 15. The highest BCUT2D eigenvalue weighted by atomic mass is 16.4. The monoisotopic (exact) mass is 1640 g/mol. The van der Waals surface area contributed by atoms with Gasteiger partial charge in [0.2, 0.25) is 0 Å². The second kappa shape index (κ2) is 42.9. The van der Waals surface area contributed by atoms with Gasteiger partial charge in [-0.25, -0.2) is 24.1 Å². The Morgan fingerprint density at radius 2 is 0.732 bits per heavy atom. The zero-order chi connectivity index (χ0) is 89.1. The predicted molar refractivity (Wildman–Crippen MR) is 463 cm³/mol. The number of carboxylic acids is 5. The second-order valence-electron chi connectivity index (χ2n) is 28.3. The van der Waals surface area contributed by atoms with Crippen LogP contribution in [-0.2, 0) is 43.4 Å². The van der Waals surface area contributed by atoms with Crippen molar-refractivity contribution in [2.24, 2.45) is 0 Å².